The number of carbonyl (C=O) groups is 1. The van der Waals surface area contributed by atoms with Crippen molar-refractivity contribution in [2.24, 2.45) is 5.73 Å². The molecule has 1 saturated heterocycles. The van der Waals surface area contributed by atoms with Crippen LogP contribution in [0.2, 0.25) is 0 Å². The number of ether oxygens (including phenoxy) is 1. The quantitative estimate of drug-likeness (QED) is 0.869. The molecule has 0 bridgehead atoms. The van der Waals surface area contributed by atoms with Crippen LogP contribution in [0.25, 0.3) is 0 Å². The van der Waals surface area contributed by atoms with Gasteiger partial charge in [-0.1, -0.05) is 12.1 Å². The average Bonchev–Trinajstić information content (AvgIpc) is 2.46. The van der Waals surface area contributed by atoms with Crippen molar-refractivity contribution in [3.63, 3.8) is 0 Å². The van der Waals surface area contributed by atoms with Crippen molar-refractivity contribution in [2.75, 3.05) is 19.8 Å². The van der Waals surface area contributed by atoms with E-state index in [-0.39, 0.29) is 35.6 Å². The number of nitrogens with two attached hydrogens (primary N) is 1. The monoisotopic (exact) mass is 330 g/mol. The fourth-order valence-corrected chi connectivity index (χ4v) is 2.77. The Morgan fingerprint density at radius 3 is 2.50 bits per heavy atom. The Morgan fingerprint density at radius 2 is 1.95 bits per heavy atom. The molecule has 0 aliphatic carbocycles. The van der Waals surface area contributed by atoms with Gasteiger partial charge in [0.25, 0.3) is 0 Å². The summed E-state index contributed by atoms with van der Waals surface area (Å²) in [6.07, 6.45) is 1.95. The van der Waals surface area contributed by atoms with E-state index in [1.54, 1.807) is 12.1 Å². The third kappa shape index (κ3) is 4.93. The maximum Gasteiger partial charge on any atom is 0.221 e. The number of rotatable bonds is 5. The Kier molecular flexibility index (Phi) is 7.26. The van der Waals surface area contributed by atoms with Crippen molar-refractivity contribution in [1.82, 2.24) is 5.32 Å². The summed E-state index contributed by atoms with van der Waals surface area (Å²) in [7, 11) is 0. The second-order valence-corrected chi connectivity index (χ2v) is 5.86. The predicted octanol–water partition coefficient (Wildman–Crippen LogP) is 2.15. The van der Waals surface area contributed by atoms with Crippen molar-refractivity contribution in [1.29, 1.82) is 0 Å². The lowest BCUT2D eigenvalue weighted by Gasteiger charge is -2.38. The van der Waals surface area contributed by atoms with Gasteiger partial charge in [-0.25, -0.2) is 4.39 Å². The van der Waals surface area contributed by atoms with Gasteiger partial charge in [0, 0.05) is 37.6 Å². The first-order valence-electron chi connectivity index (χ1n) is 7.38. The molecular weight excluding hydrogens is 307 g/mol. The third-order valence-corrected chi connectivity index (χ3v) is 4.04. The number of halogens is 2. The molecule has 1 unspecified atom stereocenters. The molecule has 0 radical (unpaired) electrons. The molecule has 2 rings (SSSR count). The van der Waals surface area contributed by atoms with Gasteiger partial charge in [0.15, 0.2) is 0 Å². The molecule has 124 valence electrons. The topological polar surface area (TPSA) is 64.4 Å². The molecule has 1 heterocycles. The summed E-state index contributed by atoms with van der Waals surface area (Å²) in [6, 6.07) is 6.39. The molecule has 1 fully saturated rings. The van der Waals surface area contributed by atoms with Gasteiger partial charge in [0.1, 0.15) is 5.82 Å². The van der Waals surface area contributed by atoms with E-state index >= 15 is 0 Å². The highest BCUT2D eigenvalue weighted by molar-refractivity contribution is 5.85. The van der Waals surface area contributed by atoms with Gasteiger partial charge in [0.05, 0.1) is 0 Å². The smallest absolute Gasteiger partial charge is 0.221 e. The minimum atomic E-state index is -0.248. The van der Waals surface area contributed by atoms with E-state index in [1.807, 2.05) is 6.92 Å². The minimum absolute atomic E-state index is 0. The Labute approximate surface area is 137 Å². The fraction of sp³-hybridized carbons (Fsp3) is 0.562. The first-order chi connectivity index (χ1) is 10.0. The molecule has 1 amide bonds. The van der Waals surface area contributed by atoms with Gasteiger partial charge in [-0.05, 0) is 37.5 Å². The predicted molar refractivity (Wildman–Crippen MR) is 86.7 cm³/mol. The van der Waals surface area contributed by atoms with Crippen molar-refractivity contribution in [3.05, 3.63) is 35.6 Å². The first kappa shape index (κ1) is 18.9. The molecule has 3 N–H and O–H groups in total. The summed E-state index contributed by atoms with van der Waals surface area (Å²) in [4.78, 5) is 11.8. The van der Waals surface area contributed by atoms with E-state index in [0.29, 0.717) is 26.2 Å². The van der Waals surface area contributed by atoms with Crippen molar-refractivity contribution >= 4 is 18.3 Å². The maximum atomic E-state index is 13.1. The molecule has 1 aliphatic rings. The van der Waals surface area contributed by atoms with Gasteiger partial charge < -0.3 is 15.8 Å². The largest absolute Gasteiger partial charge is 0.381 e. The van der Waals surface area contributed by atoms with E-state index in [0.717, 1.165) is 18.4 Å². The zero-order chi connectivity index (χ0) is 15.3. The van der Waals surface area contributed by atoms with E-state index in [4.69, 9.17) is 10.5 Å². The summed E-state index contributed by atoms with van der Waals surface area (Å²) in [5.41, 5.74) is 6.51. The molecule has 0 saturated carbocycles. The Bertz CT molecular complexity index is 474. The zero-order valence-corrected chi connectivity index (χ0v) is 13.6. The SMILES string of the molecule is CC(N)CC(=O)NCC1(c2ccc(F)cc2)CCOCC1.Cl. The number of amides is 1. The van der Waals surface area contributed by atoms with Crippen LogP contribution in [0.1, 0.15) is 31.7 Å². The summed E-state index contributed by atoms with van der Waals surface area (Å²) >= 11 is 0. The molecule has 22 heavy (non-hydrogen) atoms. The molecule has 1 aliphatic heterocycles. The average molecular weight is 331 g/mol. The maximum absolute atomic E-state index is 13.1. The van der Waals surface area contributed by atoms with Crippen LogP contribution in [0.5, 0.6) is 0 Å². The van der Waals surface area contributed by atoms with Gasteiger partial charge in [-0.15, -0.1) is 12.4 Å². The van der Waals surface area contributed by atoms with Crippen molar-refractivity contribution in [2.45, 2.75) is 37.6 Å². The van der Waals surface area contributed by atoms with Crippen LogP contribution in [0, 0.1) is 5.82 Å². The van der Waals surface area contributed by atoms with Crippen LogP contribution in [0.4, 0.5) is 4.39 Å². The van der Waals surface area contributed by atoms with Crippen LogP contribution in [0.15, 0.2) is 24.3 Å². The van der Waals surface area contributed by atoms with E-state index in [9.17, 15) is 9.18 Å². The first-order valence-corrected chi connectivity index (χ1v) is 7.38. The van der Waals surface area contributed by atoms with Crippen LogP contribution < -0.4 is 11.1 Å². The van der Waals surface area contributed by atoms with Crippen LogP contribution in [-0.4, -0.2) is 31.7 Å². The lowest BCUT2D eigenvalue weighted by Crippen LogP contribution is -2.45. The molecule has 1 aromatic carbocycles. The van der Waals surface area contributed by atoms with Gasteiger partial charge >= 0.3 is 0 Å². The van der Waals surface area contributed by atoms with Crippen LogP contribution in [-0.2, 0) is 14.9 Å². The molecule has 1 atom stereocenters. The lowest BCUT2D eigenvalue weighted by atomic mass is 9.74. The summed E-state index contributed by atoms with van der Waals surface area (Å²) in [5.74, 6) is -0.292. The van der Waals surface area contributed by atoms with Crippen molar-refractivity contribution < 1.29 is 13.9 Å². The van der Waals surface area contributed by atoms with Crippen molar-refractivity contribution in [3.8, 4) is 0 Å². The molecule has 1 aromatic rings. The zero-order valence-electron chi connectivity index (χ0n) is 12.8. The number of hydrogen-bond acceptors (Lipinski definition) is 3. The molecule has 4 nitrogen and oxygen atoms in total. The molecular formula is C16H24ClFN2O2. The van der Waals surface area contributed by atoms with E-state index in [2.05, 4.69) is 5.32 Å². The minimum Gasteiger partial charge on any atom is -0.381 e. The molecule has 6 heteroatoms. The molecule has 0 aromatic heterocycles. The molecule has 0 spiro atoms. The second kappa shape index (κ2) is 8.46. The number of carbonyl (C=O) groups excluding carboxylic acids is 1. The number of hydrogen-bond donors (Lipinski definition) is 2. The number of benzene rings is 1. The Morgan fingerprint density at radius 1 is 1.36 bits per heavy atom. The fourth-order valence-electron chi connectivity index (χ4n) is 2.77. The van der Waals surface area contributed by atoms with Gasteiger partial charge in [-0.2, -0.15) is 0 Å². The Hall–Kier alpha value is -1.17. The van der Waals surface area contributed by atoms with Crippen LogP contribution >= 0.6 is 12.4 Å². The highest BCUT2D eigenvalue weighted by Crippen LogP contribution is 2.34. The summed E-state index contributed by atoms with van der Waals surface area (Å²) < 4.78 is 18.6. The normalized spacial score (nSPS) is 18.1. The van der Waals surface area contributed by atoms with E-state index in [1.165, 1.54) is 12.1 Å². The highest BCUT2D eigenvalue weighted by Gasteiger charge is 2.34. The van der Waals surface area contributed by atoms with Gasteiger partial charge in [-0.3, -0.25) is 4.79 Å². The van der Waals surface area contributed by atoms with Crippen LogP contribution in [0.3, 0.4) is 0 Å². The number of nitrogens with one attached hydrogen (secondary N) is 1. The van der Waals surface area contributed by atoms with E-state index < -0.39 is 0 Å². The highest BCUT2D eigenvalue weighted by atomic mass is 35.5. The summed E-state index contributed by atoms with van der Waals surface area (Å²) in [5, 5.41) is 2.97. The third-order valence-electron chi connectivity index (χ3n) is 4.04. The standard InChI is InChI=1S/C16H23FN2O2.ClH/c1-12(18)10-15(20)19-11-16(6-8-21-9-7-16)13-2-4-14(17)5-3-13;/h2-5,12H,6-11,18H2,1H3,(H,19,20);1H. The second-order valence-electron chi connectivity index (χ2n) is 5.86. The van der Waals surface area contributed by atoms with Gasteiger partial charge in [0.2, 0.25) is 5.91 Å². The lowest BCUT2D eigenvalue weighted by molar-refractivity contribution is -0.121. The summed E-state index contributed by atoms with van der Waals surface area (Å²) in [6.45, 7) is 3.65. The Balaban J connectivity index is 0.00000242.